The van der Waals surface area contributed by atoms with Crippen LogP contribution in [0.3, 0.4) is 0 Å². The third-order valence-electron chi connectivity index (χ3n) is 0.979. The van der Waals surface area contributed by atoms with E-state index in [1.54, 1.807) is 0 Å². The van der Waals surface area contributed by atoms with E-state index in [0.717, 1.165) is 25.3 Å². The fourth-order valence-corrected chi connectivity index (χ4v) is 0.705. The van der Waals surface area contributed by atoms with Crippen molar-refractivity contribution in [1.82, 2.24) is 0 Å². The second kappa shape index (κ2) is 6.37. The van der Waals surface area contributed by atoms with Gasteiger partial charge in [-0.05, 0) is 26.7 Å². The van der Waals surface area contributed by atoms with E-state index in [0.29, 0.717) is 6.10 Å². The molecule has 0 aliphatic carbocycles. The number of ether oxygens (including phenoxy) is 1. The Hall–Kier alpha value is 0.250. The fourth-order valence-electron chi connectivity index (χ4n) is 0.516. The van der Waals surface area contributed by atoms with Crippen molar-refractivity contribution in [3.8, 4) is 0 Å². The number of hydrogen-bond donors (Lipinski definition) is 0. The van der Waals surface area contributed by atoms with Gasteiger partial charge in [-0.2, -0.15) is 0 Å². The summed E-state index contributed by atoms with van der Waals surface area (Å²) in [5.74, 6) is 0.751. The van der Waals surface area contributed by atoms with Crippen molar-refractivity contribution in [2.45, 2.75) is 32.8 Å². The van der Waals surface area contributed by atoms with Crippen LogP contribution in [0.25, 0.3) is 0 Å². The Bertz CT molecular complexity index is 54.9. The second-order valence-corrected chi connectivity index (χ2v) is 2.69. The molecule has 0 aliphatic rings. The van der Waals surface area contributed by atoms with Crippen LogP contribution in [0, 0.1) is 0 Å². The molecule has 0 aromatic carbocycles. The smallest absolute Gasteiger partial charge is 0.0518 e. The number of unbranched alkanes of at least 4 members (excludes halogenated alkanes) is 1. The van der Waals surface area contributed by atoms with Crippen LogP contribution in [-0.2, 0) is 4.74 Å². The molecule has 0 bridgehead atoms. The highest BCUT2D eigenvalue weighted by Crippen LogP contribution is 1.95. The SMILES string of the molecule is CC(C)OCCCCCl. The summed E-state index contributed by atoms with van der Waals surface area (Å²) in [7, 11) is 0. The minimum atomic E-state index is 0.361. The lowest BCUT2D eigenvalue weighted by Gasteiger charge is -2.05. The molecule has 0 saturated carbocycles. The molecule has 0 amide bonds. The van der Waals surface area contributed by atoms with Crippen LogP contribution < -0.4 is 0 Å². The Morgan fingerprint density at radius 1 is 1.33 bits per heavy atom. The summed E-state index contributed by atoms with van der Waals surface area (Å²) in [6, 6.07) is 0. The highest BCUT2D eigenvalue weighted by atomic mass is 35.5. The van der Waals surface area contributed by atoms with Gasteiger partial charge < -0.3 is 4.74 Å². The lowest BCUT2D eigenvalue weighted by atomic mass is 10.3. The fraction of sp³-hybridized carbons (Fsp3) is 1.00. The molecule has 0 spiro atoms. The van der Waals surface area contributed by atoms with E-state index in [9.17, 15) is 0 Å². The van der Waals surface area contributed by atoms with Crippen LogP contribution in [0.5, 0.6) is 0 Å². The van der Waals surface area contributed by atoms with Crippen molar-refractivity contribution in [1.29, 1.82) is 0 Å². The Morgan fingerprint density at radius 3 is 2.44 bits per heavy atom. The maximum Gasteiger partial charge on any atom is 0.0518 e. The average molecular weight is 151 g/mol. The van der Waals surface area contributed by atoms with E-state index in [1.165, 1.54) is 0 Å². The standard InChI is InChI=1S/C7H15ClO/c1-7(2)9-6-4-3-5-8/h7H,3-6H2,1-2H3. The van der Waals surface area contributed by atoms with Gasteiger partial charge in [0.1, 0.15) is 0 Å². The van der Waals surface area contributed by atoms with Crippen molar-refractivity contribution in [2.24, 2.45) is 0 Å². The van der Waals surface area contributed by atoms with E-state index in [1.807, 2.05) is 13.8 Å². The van der Waals surface area contributed by atoms with Gasteiger partial charge >= 0.3 is 0 Å². The molecule has 0 aliphatic heterocycles. The molecule has 0 atom stereocenters. The van der Waals surface area contributed by atoms with Crippen LogP contribution in [0.1, 0.15) is 26.7 Å². The second-order valence-electron chi connectivity index (χ2n) is 2.32. The normalized spacial score (nSPS) is 10.7. The zero-order valence-corrected chi connectivity index (χ0v) is 6.95. The highest BCUT2D eigenvalue weighted by Gasteiger charge is 1.91. The number of alkyl halides is 1. The van der Waals surface area contributed by atoms with Crippen molar-refractivity contribution in [3.05, 3.63) is 0 Å². The maximum absolute atomic E-state index is 5.46. The lowest BCUT2D eigenvalue weighted by molar-refractivity contribution is 0.0768. The maximum atomic E-state index is 5.46. The number of hydrogen-bond acceptors (Lipinski definition) is 1. The van der Waals surface area contributed by atoms with E-state index in [4.69, 9.17) is 16.3 Å². The molecule has 1 nitrogen and oxygen atoms in total. The minimum Gasteiger partial charge on any atom is -0.379 e. The van der Waals surface area contributed by atoms with Crippen LogP contribution in [0.15, 0.2) is 0 Å². The van der Waals surface area contributed by atoms with Gasteiger partial charge in [0.2, 0.25) is 0 Å². The summed E-state index contributed by atoms with van der Waals surface area (Å²) in [6.45, 7) is 4.94. The summed E-state index contributed by atoms with van der Waals surface area (Å²) >= 11 is 5.46. The van der Waals surface area contributed by atoms with Crippen LogP contribution >= 0.6 is 11.6 Å². The Kier molecular flexibility index (Phi) is 6.55. The van der Waals surface area contributed by atoms with Gasteiger partial charge in [0.05, 0.1) is 6.10 Å². The highest BCUT2D eigenvalue weighted by molar-refractivity contribution is 6.17. The van der Waals surface area contributed by atoms with Crippen molar-refractivity contribution < 1.29 is 4.74 Å². The quantitative estimate of drug-likeness (QED) is 0.432. The van der Waals surface area contributed by atoms with E-state index >= 15 is 0 Å². The predicted octanol–water partition coefficient (Wildman–Crippen LogP) is 2.43. The lowest BCUT2D eigenvalue weighted by Crippen LogP contribution is -2.03. The first kappa shape index (κ1) is 9.25. The number of rotatable bonds is 5. The largest absolute Gasteiger partial charge is 0.379 e. The van der Waals surface area contributed by atoms with Crippen molar-refractivity contribution in [3.63, 3.8) is 0 Å². The van der Waals surface area contributed by atoms with Gasteiger partial charge in [-0.15, -0.1) is 11.6 Å². The van der Waals surface area contributed by atoms with E-state index in [-0.39, 0.29) is 0 Å². The van der Waals surface area contributed by atoms with Crippen molar-refractivity contribution >= 4 is 11.6 Å². The van der Waals surface area contributed by atoms with Crippen LogP contribution in [-0.4, -0.2) is 18.6 Å². The Labute approximate surface area is 62.3 Å². The summed E-state index contributed by atoms with van der Waals surface area (Å²) in [5.41, 5.74) is 0. The summed E-state index contributed by atoms with van der Waals surface area (Å²) < 4.78 is 5.29. The van der Waals surface area contributed by atoms with Crippen LogP contribution in [0.2, 0.25) is 0 Å². The molecule has 0 aromatic heterocycles. The summed E-state index contributed by atoms with van der Waals surface area (Å²) in [6.07, 6.45) is 2.51. The molecule has 0 radical (unpaired) electrons. The third kappa shape index (κ3) is 8.25. The first-order valence-corrected chi connectivity index (χ1v) is 3.98. The first-order valence-electron chi connectivity index (χ1n) is 3.45. The molecule has 0 unspecified atom stereocenters. The molecule has 9 heavy (non-hydrogen) atoms. The molecule has 56 valence electrons. The molecular weight excluding hydrogens is 136 g/mol. The van der Waals surface area contributed by atoms with Crippen molar-refractivity contribution in [2.75, 3.05) is 12.5 Å². The van der Waals surface area contributed by atoms with Gasteiger partial charge in [0.15, 0.2) is 0 Å². The zero-order chi connectivity index (χ0) is 7.11. The van der Waals surface area contributed by atoms with Crippen LogP contribution in [0.4, 0.5) is 0 Å². The molecule has 0 fully saturated rings. The Morgan fingerprint density at radius 2 is 2.00 bits per heavy atom. The third-order valence-corrected chi connectivity index (χ3v) is 1.25. The molecular formula is C7H15ClO. The van der Waals surface area contributed by atoms with Gasteiger partial charge in [-0.3, -0.25) is 0 Å². The molecule has 2 heteroatoms. The summed E-state index contributed by atoms with van der Waals surface area (Å²) in [5, 5.41) is 0. The van der Waals surface area contributed by atoms with E-state index in [2.05, 4.69) is 0 Å². The number of halogens is 1. The first-order chi connectivity index (χ1) is 4.27. The minimum absolute atomic E-state index is 0.361. The van der Waals surface area contributed by atoms with E-state index < -0.39 is 0 Å². The molecule has 0 saturated heterocycles. The molecule has 0 N–H and O–H groups in total. The van der Waals surface area contributed by atoms with Gasteiger partial charge in [-0.25, -0.2) is 0 Å². The van der Waals surface area contributed by atoms with Gasteiger partial charge in [-0.1, -0.05) is 0 Å². The zero-order valence-electron chi connectivity index (χ0n) is 6.19. The monoisotopic (exact) mass is 150 g/mol. The topological polar surface area (TPSA) is 9.23 Å². The molecule has 0 aromatic rings. The average Bonchev–Trinajstić information content (AvgIpc) is 1.80. The van der Waals surface area contributed by atoms with Gasteiger partial charge in [0, 0.05) is 12.5 Å². The Balaban J connectivity index is 2.75. The van der Waals surface area contributed by atoms with Gasteiger partial charge in [0.25, 0.3) is 0 Å². The summed E-state index contributed by atoms with van der Waals surface area (Å²) in [4.78, 5) is 0. The molecule has 0 heterocycles. The molecule has 0 rings (SSSR count). The predicted molar refractivity (Wildman–Crippen MR) is 41.0 cm³/mol.